The van der Waals surface area contributed by atoms with Crippen LogP contribution in [0.5, 0.6) is 0 Å². The standard InChI is InChI=1S/C17H24F3N3O2/c1-16(2,3)25-15(24)23-8-6-22(7-9-23)14-5-4-12(11-21)10-13(14)17(18,19)20/h4-5,10H,6-9,11,21H2,1-3H3. The number of ether oxygens (including phenoxy) is 1. The van der Waals surface area contributed by atoms with Crippen molar-refractivity contribution in [2.75, 3.05) is 31.1 Å². The van der Waals surface area contributed by atoms with E-state index >= 15 is 0 Å². The first-order valence-electron chi connectivity index (χ1n) is 8.14. The third-order valence-corrected chi connectivity index (χ3v) is 3.87. The normalized spacial score (nSPS) is 16.1. The van der Waals surface area contributed by atoms with Crippen LogP contribution in [0.25, 0.3) is 0 Å². The molecule has 140 valence electrons. The summed E-state index contributed by atoms with van der Waals surface area (Å²) in [7, 11) is 0. The number of anilines is 1. The van der Waals surface area contributed by atoms with Gasteiger partial charge in [0.25, 0.3) is 0 Å². The Balaban J connectivity index is 2.12. The number of piperazine rings is 1. The molecule has 8 heteroatoms. The average Bonchev–Trinajstić information content (AvgIpc) is 2.52. The molecule has 1 heterocycles. The molecule has 1 aromatic rings. The van der Waals surface area contributed by atoms with Gasteiger partial charge in [-0.05, 0) is 38.5 Å². The van der Waals surface area contributed by atoms with E-state index in [0.717, 1.165) is 6.07 Å². The Morgan fingerprint density at radius 3 is 2.24 bits per heavy atom. The molecule has 0 aromatic heterocycles. The maximum atomic E-state index is 13.4. The number of halogens is 3. The Hall–Kier alpha value is -1.96. The molecule has 1 aliphatic heterocycles. The topological polar surface area (TPSA) is 58.8 Å². The minimum absolute atomic E-state index is 0.0514. The smallest absolute Gasteiger partial charge is 0.418 e. The highest BCUT2D eigenvalue weighted by atomic mass is 19.4. The van der Waals surface area contributed by atoms with E-state index in [1.165, 1.54) is 11.0 Å². The molecular weight excluding hydrogens is 335 g/mol. The second-order valence-electron chi connectivity index (χ2n) is 7.01. The summed E-state index contributed by atoms with van der Waals surface area (Å²) in [4.78, 5) is 15.2. The van der Waals surface area contributed by atoms with Gasteiger partial charge in [-0.1, -0.05) is 6.07 Å². The molecule has 0 atom stereocenters. The minimum atomic E-state index is -4.46. The summed E-state index contributed by atoms with van der Waals surface area (Å²) in [6.45, 7) is 6.61. The van der Waals surface area contributed by atoms with Crippen LogP contribution in [0.1, 0.15) is 31.9 Å². The number of hydrogen-bond acceptors (Lipinski definition) is 4. The number of carbonyl (C=O) groups excluding carboxylic acids is 1. The van der Waals surface area contributed by atoms with Crippen LogP contribution in [0.15, 0.2) is 18.2 Å². The molecule has 5 nitrogen and oxygen atoms in total. The van der Waals surface area contributed by atoms with Crippen molar-refractivity contribution in [3.05, 3.63) is 29.3 Å². The largest absolute Gasteiger partial charge is 0.444 e. The van der Waals surface area contributed by atoms with E-state index in [0.29, 0.717) is 31.7 Å². The molecule has 0 saturated carbocycles. The number of rotatable bonds is 2. The Morgan fingerprint density at radius 2 is 1.76 bits per heavy atom. The first-order valence-corrected chi connectivity index (χ1v) is 8.14. The highest BCUT2D eigenvalue weighted by molar-refractivity contribution is 5.69. The lowest BCUT2D eigenvalue weighted by atomic mass is 10.1. The molecule has 2 N–H and O–H groups in total. The summed E-state index contributed by atoms with van der Waals surface area (Å²) in [6.07, 6.45) is -4.90. The maximum Gasteiger partial charge on any atom is 0.418 e. The van der Waals surface area contributed by atoms with Crippen molar-refractivity contribution in [2.45, 2.75) is 39.1 Å². The van der Waals surface area contributed by atoms with Crippen LogP contribution < -0.4 is 10.6 Å². The van der Waals surface area contributed by atoms with Gasteiger partial charge in [0, 0.05) is 38.4 Å². The van der Waals surface area contributed by atoms with Crippen molar-refractivity contribution >= 4 is 11.8 Å². The summed E-state index contributed by atoms with van der Waals surface area (Å²) < 4.78 is 45.4. The van der Waals surface area contributed by atoms with Crippen molar-refractivity contribution in [1.82, 2.24) is 4.90 Å². The number of benzene rings is 1. The molecule has 0 unspecified atom stereocenters. The first kappa shape index (κ1) is 19.4. The highest BCUT2D eigenvalue weighted by Gasteiger charge is 2.36. The van der Waals surface area contributed by atoms with Crippen molar-refractivity contribution < 1.29 is 22.7 Å². The van der Waals surface area contributed by atoms with Crippen LogP contribution in [0.3, 0.4) is 0 Å². The van der Waals surface area contributed by atoms with Crippen molar-refractivity contribution in [2.24, 2.45) is 5.73 Å². The van der Waals surface area contributed by atoms with Gasteiger partial charge in [0.15, 0.2) is 0 Å². The quantitative estimate of drug-likeness (QED) is 0.881. The van der Waals surface area contributed by atoms with Crippen molar-refractivity contribution in [3.8, 4) is 0 Å². The number of carbonyl (C=O) groups is 1. The Bertz CT molecular complexity index is 619. The summed E-state index contributed by atoms with van der Waals surface area (Å²) in [6, 6.07) is 4.15. The van der Waals surface area contributed by atoms with Gasteiger partial charge in [-0.25, -0.2) is 4.79 Å². The van der Waals surface area contributed by atoms with Gasteiger partial charge >= 0.3 is 12.3 Å². The fourth-order valence-corrected chi connectivity index (χ4v) is 2.67. The first-order chi connectivity index (χ1) is 11.5. The van der Waals surface area contributed by atoms with E-state index in [4.69, 9.17) is 10.5 Å². The SMILES string of the molecule is CC(C)(C)OC(=O)N1CCN(c2ccc(CN)cc2C(F)(F)F)CC1. The number of nitrogens with zero attached hydrogens (tertiary/aromatic N) is 2. The van der Waals surface area contributed by atoms with Gasteiger partial charge in [-0.3, -0.25) is 0 Å². The third-order valence-electron chi connectivity index (χ3n) is 3.87. The Labute approximate surface area is 145 Å². The van der Waals surface area contributed by atoms with E-state index < -0.39 is 23.4 Å². The number of nitrogens with two attached hydrogens (primary N) is 1. The average molecular weight is 359 g/mol. The summed E-state index contributed by atoms with van der Waals surface area (Å²) in [5.74, 6) is 0. The van der Waals surface area contributed by atoms with Gasteiger partial charge in [-0.2, -0.15) is 13.2 Å². The maximum absolute atomic E-state index is 13.4. The van der Waals surface area contributed by atoms with E-state index in [-0.39, 0.29) is 12.2 Å². The molecule has 0 bridgehead atoms. The predicted molar refractivity (Wildman–Crippen MR) is 89.4 cm³/mol. The summed E-state index contributed by atoms with van der Waals surface area (Å²) in [5, 5.41) is 0. The van der Waals surface area contributed by atoms with Gasteiger partial charge in [0.1, 0.15) is 5.60 Å². The zero-order valence-electron chi connectivity index (χ0n) is 14.7. The van der Waals surface area contributed by atoms with Crippen molar-refractivity contribution in [3.63, 3.8) is 0 Å². The lowest BCUT2D eigenvalue weighted by Gasteiger charge is -2.37. The second-order valence-corrected chi connectivity index (χ2v) is 7.01. The minimum Gasteiger partial charge on any atom is -0.444 e. The monoisotopic (exact) mass is 359 g/mol. The van der Waals surface area contributed by atoms with Crippen LogP contribution in [-0.2, 0) is 17.5 Å². The van der Waals surface area contributed by atoms with Crippen LogP contribution in [0, 0.1) is 0 Å². The van der Waals surface area contributed by atoms with E-state index in [1.54, 1.807) is 31.7 Å². The van der Waals surface area contributed by atoms with Crippen LogP contribution in [0.4, 0.5) is 23.7 Å². The van der Waals surface area contributed by atoms with Gasteiger partial charge < -0.3 is 20.3 Å². The molecule has 1 saturated heterocycles. The lowest BCUT2D eigenvalue weighted by molar-refractivity contribution is -0.137. The zero-order chi connectivity index (χ0) is 18.8. The fraction of sp³-hybridized carbons (Fsp3) is 0.588. The molecule has 1 amide bonds. The van der Waals surface area contributed by atoms with Crippen LogP contribution in [0.2, 0.25) is 0 Å². The summed E-state index contributed by atoms with van der Waals surface area (Å²) >= 11 is 0. The van der Waals surface area contributed by atoms with Crippen LogP contribution in [-0.4, -0.2) is 42.8 Å². The molecule has 0 aliphatic carbocycles. The molecule has 0 spiro atoms. The fourth-order valence-electron chi connectivity index (χ4n) is 2.67. The van der Waals surface area contributed by atoms with Crippen LogP contribution >= 0.6 is 0 Å². The molecule has 2 rings (SSSR count). The Morgan fingerprint density at radius 1 is 1.16 bits per heavy atom. The second kappa shape index (κ2) is 7.11. The Kier molecular flexibility index (Phi) is 5.51. The molecular formula is C17H24F3N3O2. The summed E-state index contributed by atoms with van der Waals surface area (Å²) in [5.41, 5.74) is 4.71. The van der Waals surface area contributed by atoms with Crippen molar-refractivity contribution in [1.29, 1.82) is 0 Å². The molecule has 1 aromatic carbocycles. The molecule has 0 radical (unpaired) electrons. The van der Waals surface area contributed by atoms with Gasteiger partial charge in [0.05, 0.1) is 5.56 Å². The number of hydrogen-bond donors (Lipinski definition) is 1. The van der Waals surface area contributed by atoms with Gasteiger partial charge in [-0.15, -0.1) is 0 Å². The van der Waals surface area contributed by atoms with Gasteiger partial charge in [0.2, 0.25) is 0 Å². The predicted octanol–water partition coefficient (Wildman–Crippen LogP) is 3.22. The zero-order valence-corrected chi connectivity index (χ0v) is 14.7. The highest BCUT2D eigenvalue weighted by Crippen LogP contribution is 2.37. The number of amides is 1. The third kappa shape index (κ3) is 5.01. The van der Waals surface area contributed by atoms with E-state index in [9.17, 15) is 18.0 Å². The van der Waals surface area contributed by atoms with E-state index in [1.807, 2.05) is 0 Å². The molecule has 1 fully saturated rings. The van der Waals surface area contributed by atoms with E-state index in [2.05, 4.69) is 0 Å². The molecule has 1 aliphatic rings. The number of alkyl halides is 3. The molecule has 25 heavy (non-hydrogen) atoms. The lowest BCUT2D eigenvalue weighted by Crippen LogP contribution is -2.50.